The third-order valence-electron chi connectivity index (χ3n) is 4.12. The highest BCUT2D eigenvalue weighted by atomic mass is 16.5. The minimum Gasteiger partial charge on any atom is -0.352 e. The lowest BCUT2D eigenvalue weighted by atomic mass is 9.92. The van der Waals surface area contributed by atoms with Crippen molar-refractivity contribution in [1.29, 1.82) is 0 Å². The molecule has 1 saturated heterocycles. The number of likely N-dealkylation sites (N-methyl/N-ethyl adjacent to an activating group) is 1. The Morgan fingerprint density at radius 2 is 2.20 bits per heavy atom. The zero-order valence-corrected chi connectivity index (χ0v) is 15.1. The van der Waals surface area contributed by atoms with Gasteiger partial charge in [0.25, 0.3) is 0 Å². The summed E-state index contributed by atoms with van der Waals surface area (Å²) < 4.78 is 5.42. The average molecular weight is 344 g/mol. The van der Waals surface area contributed by atoms with Crippen molar-refractivity contribution in [3.05, 3.63) is 24.5 Å². The number of hydrogen-bond acceptors (Lipinski definition) is 7. The summed E-state index contributed by atoms with van der Waals surface area (Å²) in [5, 5.41) is 7.11. The van der Waals surface area contributed by atoms with Crippen molar-refractivity contribution >= 4 is 5.91 Å². The molecule has 8 heteroatoms. The van der Waals surface area contributed by atoms with E-state index in [9.17, 15) is 4.79 Å². The van der Waals surface area contributed by atoms with E-state index in [1.54, 1.807) is 18.6 Å². The van der Waals surface area contributed by atoms with Crippen molar-refractivity contribution in [3.63, 3.8) is 0 Å². The number of rotatable bonds is 4. The highest BCUT2D eigenvalue weighted by Gasteiger charge is 2.35. The Bertz CT molecular complexity index is 724. The van der Waals surface area contributed by atoms with Gasteiger partial charge in [0, 0.05) is 31.4 Å². The molecule has 0 aliphatic carbocycles. The minimum absolute atomic E-state index is 0.0159. The van der Waals surface area contributed by atoms with Crippen molar-refractivity contribution in [2.75, 3.05) is 13.6 Å². The van der Waals surface area contributed by atoms with E-state index >= 15 is 0 Å². The summed E-state index contributed by atoms with van der Waals surface area (Å²) in [4.78, 5) is 26.9. The summed E-state index contributed by atoms with van der Waals surface area (Å²) in [5.74, 6) is 1.05. The molecular weight excluding hydrogens is 320 g/mol. The van der Waals surface area contributed by atoms with Crippen molar-refractivity contribution in [2.45, 2.75) is 45.7 Å². The van der Waals surface area contributed by atoms with Gasteiger partial charge in [-0.25, -0.2) is 4.98 Å². The maximum Gasteiger partial charge on any atom is 0.244 e. The molecule has 1 fully saturated rings. The van der Waals surface area contributed by atoms with Gasteiger partial charge in [-0.05, 0) is 18.9 Å². The molecule has 0 radical (unpaired) electrons. The van der Waals surface area contributed by atoms with E-state index in [0.717, 1.165) is 13.0 Å². The van der Waals surface area contributed by atoms with Crippen molar-refractivity contribution in [1.82, 2.24) is 30.3 Å². The van der Waals surface area contributed by atoms with Crippen LogP contribution in [0.5, 0.6) is 0 Å². The molecule has 8 nitrogen and oxygen atoms in total. The lowest BCUT2D eigenvalue weighted by Crippen LogP contribution is -2.38. The molecule has 3 rings (SSSR count). The Morgan fingerprint density at radius 1 is 1.40 bits per heavy atom. The molecule has 0 bridgehead atoms. The fourth-order valence-corrected chi connectivity index (χ4v) is 3.04. The summed E-state index contributed by atoms with van der Waals surface area (Å²) in [5.41, 5.74) is 0.555. The first kappa shape index (κ1) is 17.5. The lowest BCUT2D eigenvalue weighted by molar-refractivity contribution is -0.123. The molecule has 1 aliphatic heterocycles. The fraction of sp³-hybridized carbons (Fsp3) is 0.588. The third-order valence-corrected chi connectivity index (χ3v) is 4.12. The first-order chi connectivity index (χ1) is 11.8. The molecule has 0 aromatic carbocycles. The average Bonchev–Trinajstić information content (AvgIpc) is 3.13. The smallest absolute Gasteiger partial charge is 0.244 e. The molecule has 0 saturated carbocycles. The Hall–Kier alpha value is -2.35. The van der Waals surface area contributed by atoms with E-state index in [0.29, 0.717) is 23.8 Å². The molecule has 1 amide bonds. The van der Waals surface area contributed by atoms with Crippen LogP contribution in [0.25, 0.3) is 11.5 Å². The lowest BCUT2D eigenvalue weighted by Gasteiger charge is -2.19. The Balaban J connectivity index is 1.64. The Kier molecular flexibility index (Phi) is 4.80. The van der Waals surface area contributed by atoms with Crippen molar-refractivity contribution < 1.29 is 9.32 Å². The summed E-state index contributed by atoms with van der Waals surface area (Å²) in [6.45, 7) is 6.93. The monoisotopic (exact) mass is 344 g/mol. The maximum atomic E-state index is 12.2. The summed E-state index contributed by atoms with van der Waals surface area (Å²) >= 11 is 0. The van der Waals surface area contributed by atoms with Crippen LogP contribution in [0, 0.1) is 5.41 Å². The van der Waals surface area contributed by atoms with Gasteiger partial charge in [0.2, 0.25) is 17.6 Å². The Morgan fingerprint density at radius 3 is 2.88 bits per heavy atom. The van der Waals surface area contributed by atoms with E-state index < -0.39 is 0 Å². The van der Waals surface area contributed by atoms with Crippen molar-refractivity contribution in [3.8, 4) is 11.5 Å². The number of hydrogen-bond donors (Lipinski definition) is 1. The fourth-order valence-electron chi connectivity index (χ4n) is 3.04. The molecule has 2 aromatic heterocycles. The topological polar surface area (TPSA) is 97.0 Å². The number of nitrogens with zero attached hydrogens (tertiary/aromatic N) is 5. The van der Waals surface area contributed by atoms with Crippen molar-refractivity contribution in [2.24, 2.45) is 5.41 Å². The SMILES string of the molecule is CN1C[C@@H](NC(=O)CC(C)(C)C)C[C@H]1c1nc(-c2cnccn2)no1. The quantitative estimate of drug-likeness (QED) is 0.903. The number of amides is 1. The van der Waals surface area contributed by atoms with Crippen LogP contribution in [-0.2, 0) is 4.79 Å². The molecule has 134 valence electrons. The number of carbonyl (C=O) groups is 1. The predicted molar refractivity (Wildman–Crippen MR) is 91.3 cm³/mol. The zero-order chi connectivity index (χ0) is 18.0. The van der Waals surface area contributed by atoms with E-state index in [-0.39, 0.29) is 23.4 Å². The maximum absolute atomic E-state index is 12.2. The number of likely N-dealkylation sites (tertiary alicyclic amines) is 1. The second kappa shape index (κ2) is 6.87. The molecule has 3 heterocycles. The minimum atomic E-state index is -0.0217. The molecule has 25 heavy (non-hydrogen) atoms. The largest absolute Gasteiger partial charge is 0.352 e. The van der Waals surface area contributed by atoms with Crippen LogP contribution in [0.2, 0.25) is 0 Å². The van der Waals surface area contributed by atoms with E-state index in [1.165, 1.54) is 0 Å². The highest BCUT2D eigenvalue weighted by Crippen LogP contribution is 2.31. The Labute approximate surface area is 147 Å². The molecule has 1 N–H and O–H groups in total. The van der Waals surface area contributed by atoms with Gasteiger partial charge < -0.3 is 9.84 Å². The van der Waals surface area contributed by atoms with Gasteiger partial charge in [0.1, 0.15) is 5.69 Å². The standard InChI is InChI=1S/C17H24N6O2/c1-17(2,3)8-14(24)20-11-7-13(23(4)10-11)16-21-15(22-25-16)12-9-18-5-6-19-12/h5-6,9,11,13H,7-8,10H2,1-4H3,(H,20,24)/t11-,13-/m0/s1. The van der Waals surface area contributed by atoms with Crippen LogP contribution in [0.1, 0.15) is 45.5 Å². The normalized spacial score (nSPS) is 21.4. The zero-order valence-electron chi connectivity index (χ0n) is 15.1. The summed E-state index contributed by atoms with van der Waals surface area (Å²) in [6, 6.07) is 0.0644. The number of aromatic nitrogens is 4. The summed E-state index contributed by atoms with van der Waals surface area (Å²) in [6.07, 6.45) is 6.04. The van der Waals surface area contributed by atoms with Crippen LogP contribution in [0.4, 0.5) is 0 Å². The van der Waals surface area contributed by atoms with Crippen LogP contribution < -0.4 is 5.32 Å². The van der Waals surface area contributed by atoms with Gasteiger partial charge in [-0.3, -0.25) is 14.7 Å². The predicted octanol–water partition coefficient (Wildman–Crippen LogP) is 1.82. The van der Waals surface area contributed by atoms with E-state index in [4.69, 9.17) is 4.52 Å². The molecule has 0 unspecified atom stereocenters. The van der Waals surface area contributed by atoms with Gasteiger partial charge in [-0.15, -0.1) is 0 Å². The van der Waals surface area contributed by atoms with Crippen LogP contribution >= 0.6 is 0 Å². The summed E-state index contributed by atoms with van der Waals surface area (Å²) in [7, 11) is 1.99. The van der Waals surface area contributed by atoms with Gasteiger partial charge in [0.15, 0.2) is 0 Å². The first-order valence-electron chi connectivity index (χ1n) is 8.41. The van der Waals surface area contributed by atoms with Gasteiger partial charge in [0.05, 0.1) is 12.2 Å². The second-order valence-electron chi connectivity index (χ2n) is 7.74. The van der Waals surface area contributed by atoms with Crippen LogP contribution in [0.15, 0.2) is 23.1 Å². The highest BCUT2D eigenvalue weighted by molar-refractivity contribution is 5.76. The number of carbonyl (C=O) groups excluding carboxylic acids is 1. The van der Waals surface area contributed by atoms with E-state index in [1.807, 2.05) is 7.05 Å². The molecule has 2 atom stereocenters. The molecule has 0 spiro atoms. The van der Waals surface area contributed by atoms with Gasteiger partial charge in [-0.2, -0.15) is 4.98 Å². The van der Waals surface area contributed by atoms with Gasteiger partial charge in [-0.1, -0.05) is 25.9 Å². The molecule has 2 aromatic rings. The van der Waals surface area contributed by atoms with E-state index in [2.05, 4.69) is 51.1 Å². The van der Waals surface area contributed by atoms with Gasteiger partial charge >= 0.3 is 0 Å². The third kappa shape index (κ3) is 4.39. The second-order valence-corrected chi connectivity index (χ2v) is 7.74. The van der Waals surface area contributed by atoms with Crippen LogP contribution in [0.3, 0.4) is 0 Å². The molecule has 1 aliphatic rings. The number of nitrogens with one attached hydrogen (secondary N) is 1. The van der Waals surface area contributed by atoms with Crippen LogP contribution in [-0.4, -0.2) is 50.5 Å². The first-order valence-corrected chi connectivity index (χ1v) is 8.41. The molecular formula is C17H24N6O2.